The van der Waals surface area contributed by atoms with E-state index in [4.69, 9.17) is 4.74 Å². The molecule has 1 aliphatic heterocycles. The number of methoxy groups -OCH3 is 2. The summed E-state index contributed by atoms with van der Waals surface area (Å²) < 4.78 is 29.3. The van der Waals surface area contributed by atoms with Crippen molar-refractivity contribution < 1.29 is 38.1 Å². The quantitative estimate of drug-likeness (QED) is 0.584. The van der Waals surface area contributed by atoms with E-state index in [0.29, 0.717) is 0 Å². The zero-order chi connectivity index (χ0) is 22.7. The lowest BCUT2D eigenvalue weighted by Gasteiger charge is -2.38. The lowest BCUT2D eigenvalue weighted by molar-refractivity contribution is -0.0319. The van der Waals surface area contributed by atoms with Crippen molar-refractivity contribution in [2.75, 3.05) is 27.3 Å². The first-order valence-corrected chi connectivity index (χ1v) is 9.58. The maximum absolute atomic E-state index is 14.7. The third kappa shape index (κ3) is 5.69. The maximum Gasteiger partial charge on any atom is 0.410 e. The van der Waals surface area contributed by atoms with Gasteiger partial charge in [0, 0.05) is 19.5 Å². The molecule has 0 spiro atoms. The van der Waals surface area contributed by atoms with Gasteiger partial charge < -0.3 is 24.2 Å². The van der Waals surface area contributed by atoms with Crippen LogP contribution < -0.4 is 0 Å². The minimum atomic E-state index is -1.28. The molecule has 8 nitrogen and oxygen atoms in total. The Bertz CT molecular complexity index is 823. The Balaban J connectivity index is 2.19. The second-order valence-corrected chi connectivity index (χ2v) is 8.34. The first kappa shape index (κ1) is 23.6. The molecule has 1 saturated heterocycles. The van der Waals surface area contributed by atoms with E-state index in [-0.39, 0.29) is 49.0 Å². The number of carbonyl (C=O) groups excluding carboxylic acids is 3. The summed E-state index contributed by atoms with van der Waals surface area (Å²) in [5.74, 6) is -2.43. The molecule has 0 aromatic heterocycles. The molecule has 0 bridgehead atoms. The molecule has 30 heavy (non-hydrogen) atoms. The number of esters is 2. The highest BCUT2D eigenvalue weighted by Crippen LogP contribution is 2.30. The van der Waals surface area contributed by atoms with Gasteiger partial charge in [-0.25, -0.2) is 18.8 Å². The number of carbonyl (C=O) groups is 3. The van der Waals surface area contributed by atoms with Crippen LogP contribution in [0.15, 0.2) is 12.1 Å². The number of benzene rings is 1. The molecule has 1 heterocycles. The number of amides is 1. The van der Waals surface area contributed by atoms with Gasteiger partial charge in [0.1, 0.15) is 11.4 Å². The maximum atomic E-state index is 14.7. The van der Waals surface area contributed by atoms with E-state index in [1.165, 1.54) is 11.0 Å². The lowest BCUT2D eigenvalue weighted by atomic mass is 9.84. The Morgan fingerprint density at radius 1 is 1.07 bits per heavy atom. The first-order valence-electron chi connectivity index (χ1n) is 9.58. The molecule has 9 heteroatoms. The number of likely N-dealkylation sites (tertiary alicyclic amines) is 1. The lowest BCUT2D eigenvalue weighted by Crippen LogP contribution is -2.49. The normalized spacial score (nSPS) is 16.0. The molecule has 1 aromatic carbocycles. The van der Waals surface area contributed by atoms with Crippen molar-refractivity contribution in [2.45, 2.75) is 51.2 Å². The average molecular weight is 425 g/mol. The Morgan fingerprint density at radius 2 is 1.57 bits per heavy atom. The van der Waals surface area contributed by atoms with Crippen LogP contribution in [0, 0.1) is 5.82 Å². The van der Waals surface area contributed by atoms with Crippen LogP contribution in [-0.2, 0) is 20.6 Å². The second-order valence-electron chi connectivity index (χ2n) is 8.34. The van der Waals surface area contributed by atoms with Gasteiger partial charge in [-0.2, -0.15) is 0 Å². The number of halogens is 1. The minimum absolute atomic E-state index is 0.0660. The summed E-state index contributed by atoms with van der Waals surface area (Å²) in [4.78, 5) is 37.6. The average Bonchev–Trinajstić information content (AvgIpc) is 2.67. The van der Waals surface area contributed by atoms with Crippen molar-refractivity contribution in [1.82, 2.24) is 4.90 Å². The van der Waals surface area contributed by atoms with Gasteiger partial charge in [-0.3, -0.25) is 0 Å². The standard InChI is InChI=1S/C21H28FNO7/c1-20(2,3)30-19(26)23-8-6-21(27,7-9-23)12-13-10-14(17(24)28-4)15(11-16(13)22)18(25)29-5/h10-11,27H,6-9,12H2,1-5H3. The SMILES string of the molecule is COC(=O)c1cc(F)c(CC2(O)CCN(C(=O)OC(C)(C)C)CC2)cc1C(=O)OC. The van der Waals surface area contributed by atoms with Crippen molar-refractivity contribution in [2.24, 2.45) is 0 Å². The number of rotatable bonds is 4. The topological polar surface area (TPSA) is 102 Å². The van der Waals surface area contributed by atoms with Crippen LogP contribution in [0.1, 0.15) is 59.9 Å². The number of nitrogens with zero attached hydrogens (tertiary/aromatic N) is 1. The van der Waals surface area contributed by atoms with Crippen LogP contribution in [0.5, 0.6) is 0 Å². The molecule has 2 rings (SSSR count). The van der Waals surface area contributed by atoms with Gasteiger partial charge in [0.05, 0.1) is 30.9 Å². The smallest absolute Gasteiger partial charge is 0.410 e. The second kappa shape index (κ2) is 8.99. The van der Waals surface area contributed by atoms with Crippen LogP contribution in [-0.4, -0.2) is 66.5 Å². The first-order chi connectivity index (χ1) is 13.9. The van der Waals surface area contributed by atoms with Crippen LogP contribution in [0.2, 0.25) is 0 Å². The number of ether oxygens (including phenoxy) is 3. The fourth-order valence-corrected chi connectivity index (χ4v) is 3.27. The summed E-state index contributed by atoms with van der Waals surface area (Å²) in [5.41, 5.74) is -2.23. The van der Waals surface area contributed by atoms with Gasteiger partial charge >= 0.3 is 18.0 Å². The van der Waals surface area contributed by atoms with E-state index in [9.17, 15) is 23.9 Å². The number of aliphatic hydroxyl groups is 1. The minimum Gasteiger partial charge on any atom is -0.465 e. The van der Waals surface area contributed by atoms with Gasteiger partial charge in [-0.1, -0.05) is 0 Å². The molecule has 0 unspecified atom stereocenters. The highest BCUT2D eigenvalue weighted by atomic mass is 19.1. The fourth-order valence-electron chi connectivity index (χ4n) is 3.27. The van der Waals surface area contributed by atoms with Gasteiger partial charge in [0.2, 0.25) is 0 Å². The molecule has 0 aliphatic carbocycles. The van der Waals surface area contributed by atoms with Crippen molar-refractivity contribution >= 4 is 18.0 Å². The predicted molar refractivity (Wildman–Crippen MR) is 105 cm³/mol. The van der Waals surface area contributed by atoms with E-state index in [1.54, 1.807) is 20.8 Å². The van der Waals surface area contributed by atoms with E-state index < -0.39 is 35.1 Å². The Hall–Kier alpha value is -2.68. The fraction of sp³-hybridized carbons (Fsp3) is 0.571. The molecule has 166 valence electrons. The summed E-state index contributed by atoms with van der Waals surface area (Å²) in [7, 11) is 2.27. The van der Waals surface area contributed by atoms with E-state index in [2.05, 4.69) is 9.47 Å². The highest BCUT2D eigenvalue weighted by Gasteiger charge is 2.36. The highest BCUT2D eigenvalue weighted by molar-refractivity contribution is 6.03. The van der Waals surface area contributed by atoms with Gasteiger partial charge in [0.25, 0.3) is 0 Å². The number of hydrogen-bond donors (Lipinski definition) is 1. The predicted octanol–water partition coefficient (Wildman–Crippen LogP) is 2.70. The number of piperidine rings is 1. The summed E-state index contributed by atoms with van der Waals surface area (Å²) >= 11 is 0. The molecule has 1 aromatic rings. The summed E-state index contributed by atoms with van der Waals surface area (Å²) in [5, 5.41) is 10.9. The van der Waals surface area contributed by atoms with Crippen molar-refractivity contribution in [3.8, 4) is 0 Å². The van der Waals surface area contributed by atoms with E-state index in [0.717, 1.165) is 20.3 Å². The van der Waals surface area contributed by atoms with E-state index in [1.807, 2.05) is 0 Å². The van der Waals surface area contributed by atoms with Crippen LogP contribution in [0.3, 0.4) is 0 Å². The van der Waals surface area contributed by atoms with Gasteiger partial charge in [0.15, 0.2) is 0 Å². The molecule has 0 radical (unpaired) electrons. The molecular formula is C21H28FNO7. The molecule has 1 N–H and O–H groups in total. The van der Waals surface area contributed by atoms with Gasteiger partial charge in [-0.15, -0.1) is 0 Å². The van der Waals surface area contributed by atoms with Crippen molar-refractivity contribution in [3.05, 3.63) is 34.6 Å². The molecule has 0 saturated carbocycles. The largest absolute Gasteiger partial charge is 0.465 e. The Morgan fingerprint density at radius 3 is 2.03 bits per heavy atom. The van der Waals surface area contributed by atoms with E-state index >= 15 is 0 Å². The zero-order valence-electron chi connectivity index (χ0n) is 17.9. The van der Waals surface area contributed by atoms with Crippen LogP contribution >= 0.6 is 0 Å². The van der Waals surface area contributed by atoms with Crippen LogP contribution in [0.25, 0.3) is 0 Å². The molecule has 1 aliphatic rings. The van der Waals surface area contributed by atoms with Crippen molar-refractivity contribution in [1.29, 1.82) is 0 Å². The van der Waals surface area contributed by atoms with Crippen LogP contribution in [0.4, 0.5) is 9.18 Å². The molecular weight excluding hydrogens is 397 g/mol. The molecule has 1 fully saturated rings. The molecule has 0 atom stereocenters. The number of hydrogen-bond acceptors (Lipinski definition) is 7. The summed E-state index contributed by atoms with van der Waals surface area (Å²) in [6.07, 6.45) is -0.145. The monoisotopic (exact) mass is 425 g/mol. The summed E-state index contributed by atoms with van der Waals surface area (Å²) in [6.45, 7) is 5.80. The zero-order valence-corrected chi connectivity index (χ0v) is 17.9. The summed E-state index contributed by atoms with van der Waals surface area (Å²) in [6, 6.07) is 2.11. The Kier molecular flexibility index (Phi) is 7.07. The molecule has 1 amide bonds. The third-order valence-electron chi connectivity index (χ3n) is 4.86. The third-order valence-corrected chi connectivity index (χ3v) is 4.86. The van der Waals surface area contributed by atoms with Gasteiger partial charge in [-0.05, 0) is 51.3 Å². The Labute approximate surface area is 174 Å². The van der Waals surface area contributed by atoms with Crippen molar-refractivity contribution in [3.63, 3.8) is 0 Å².